The summed E-state index contributed by atoms with van der Waals surface area (Å²) in [6.45, 7) is 5.50. The second-order valence-corrected chi connectivity index (χ2v) is 6.72. The number of carbonyl (C=O) groups is 1. The number of nitrogens with zero attached hydrogens (tertiary/aromatic N) is 4. The molecule has 0 saturated carbocycles. The highest BCUT2D eigenvalue weighted by Gasteiger charge is 2.38. The molecule has 130 valence electrons. The fourth-order valence-corrected chi connectivity index (χ4v) is 3.59. The lowest BCUT2D eigenvalue weighted by atomic mass is 10.1. The Morgan fingerprint density at radius 3 is 2.68 bits per heavy atom. The fraction of sp³-hybridized carbons (Fsp3) is 0.421. The van der Waals surface area contributed by atoms with Crippen molar-refractivity contribution in [3.05, 3.63) is 53.7 Å². The van der Waals surface area contributed by atoms with Crippen LogP contribution >= 0.6 is 0 Å². The molecule has 4 rings (SSSR count). The average molecular weight is 338 g/mol. The minimum atomic E-state index is 0.0819. The summed E-state index contributed by atoms with van der Waals surface area (Å²) in [6, 6.07) is 13.4. The summed E-state index contributed by atoms with van der Waals surface area (Å²) < 4.78 is 6.03. The number of ether oxygens (including phenoxy) is 1. The molecule has 2 aliphatic rings. The van der Waals surface area contributed by atoms with Crippen molar-refractivity contribution in [1.29, 1.82) is 0 Å². The number of hydrogen-bond donors (Lipinski definition) is 0. The number of fused-ring (bicyclic) bond motifs is 1. The summed E-state index contributed by atoms with van der Waals surface area (Å²) in [7, 11) is 0. The second kappa shape index (κ2) is 6.80. The van der Waals surface area contributed by atoms with E-state index in [1.807, 2.05) is 54.3 Å². The van der Waals surface area contributed by atoms with Gasteiger partial charge in [0.2, 0.25) is 0 Å². The van der Waals surface area contributed by atoms with E-state index in [2.05, 4.69) is 15.1 Å². The molecule has 0 unspecified atom stereocenters. The molecule has 3 heterocycles. The first-order chi connectivity index (χ1) is 12.2. The number of carbonyl (C=O) groups excluding carboxylic acids is 1. The summed E-state index contributed by atoms with van der Waals surface area (Å²) in [6.07, 6.45) is 0.136. The monoisotopic (exact) mass is 338 g/mol. The molecule has 2 saturated heterocycles. The first-order valence-electron chi connectivity index (χ1n) is 8.72. The minimum Gasteiger partial charge on any atom is -0.374 e. The van der Waals surface area contributed by atoms with Crippen molar-refractivity contribution in [2.45, 2.75) is 13.0 Å². The summed E-state index contributed by atoms with van der Waals surface area (Å²) in [5.74, 6) is 1.25. The Hall–Kier alpha value is -2.47. The van der Waals surface area contributed by atoms with Gasteiger partial charge in [0.1, 0.15) is 0 Å². The Balaban J connectivity index is 1.47. The van der Waals surface area contributed by atoms with E-state index in [0.717, 1.165) is 30.2 Å². The van der Waals surface area contributed by atoms with E-state index < -0.39 is 0 Å². The SMILES string of the molecule is Cc1ccc(N2C[C@@H]3CN(C(=O)c4ccccc4)CCO[C@@H]3C2)nn1. The molecule has 0 N–H and O–H groups in total. The van der Waals surface area contributed by atoms with Gasteiger partial charge in [0.15, 0.2) is 5.82 Å². The Morgan fingerprint density at radius 2 is 1.92 bits per heavy atom. The zero-order valence-corrected chi connectivity index (χ0v) is 14.3. The Labute approximate surface area is 147 Å². The lowest BCUT2D eigenvalue weighted by Crippen LogP contribution is -2.37. The van der Waals surface area contributed by atoms with Crippen LogP contribution in [0.2, 0.25) is 0 Å². The van der Waals surface area contributed by atoms with Gasteiger partial charge < -0.3 is 14.5 Å². The number of hydrogen-bond acceptors (Lipinski definition) is 5. The maximum Gasteiger partial charge on any atom is 0.253 e. The smallest absolute Gasteiger partial charge is 0.253 e. The third kappa shape index (κ3) is 3.35. The molecule has 0 spiro atoms. The number of anilines is 1. The van der Waals surface area contributed by atoms with Crippen LogP contribution in [0, 0.1) is 12.8 Å². The van der Waals surface area contributed by atoms with E-state index in [0.29, 0.717) is 25.6 Å². The van der Waals surface area contributed by atoms with Crippen molar-refractivity contribution in [2.24, 2.45) is 5.92 Å². The van der Waals surface area contributed by atoms with Crippen molar-refractivity contribution >= 4 is 11.7 Å². The van der Waals surface area contributed by atoms with Gasteiger partial charge >= 0.3 is 0 Å². The zero-order chi connectivity index (χ0) is 17.2. The summed E-state index contributed by atoms with van der Waals surface area (Å²) in [5, 5.41) is 8.43. The van der Waals surface area contributed by atoms with Crippen LogP contribution in [0.25, 0.3) is 0 Å². The largest absolute Gasteiger partial charge is 0.374 e. The average Bonchev–Trinajstić information content (AvgIpc) is 2.94. The van der Waals surface area contributed by atoms with Crippen LogP contribution < -0.4 is 4.90 Å². The molecule has 1 aromatic heterocycles. The molecule has 0 aliphatic carbocycles. The zero-order valence-electron chi connectivity index (χ0n) is 14.3. The number of rotatable bonds is 2. The molecule has 25 heavy (non-hydrogen) atoms. The first kappa shape index (κ1) is 16.0. The lowest BCUT2D eigenvalue weighted by molar-refractivity contribution is 0.0569. The molecule has 1 aromatic carbocycles. The molecule has 6 nitrogen and oxygen atoms in total. The minimum absolute atomic E-state index is 0.0819. The second-order valence-electron chi connectivity index (χ2n) is 6.72. The summed E-state index contributed by atoms with van der Waals surface area (Å²) in [5.41, 5.74) is 1.65. The lowest BCUT2D eigenvalue weighted by Gasteiger charge is -2.24. The third-order valence-corrected chi connectivity index (χ3v) is 4.94. The Bertz CT molecular complexity index is 735. The topological polar surface area (TPSA) is 58.6 Å². The van der Waals surface area contributed by atoms with Crippen LogP contribution in [0.3, 0.4) is 0 Å². The van der Waals surface area contributed by atoms with Gasteiger partial charge in [-0.05, 0) is 31.2 Å². The van der Waals surface area contributed by atoms with E-state index in [9.17, 15) is 4.79 Å². The maximum atomic E-state index is 12.8. The standard InChI is InChI=1S/C19H22N4O2/c1-14-7-8-18(21-20-14)23-12-16-11-22(9-10-25-17(16)13-23)19(24)15-5-3-2-4-6-15/h2-8,16-17H,9-13H2,1H3/t16-,17+/m0/s1. The first-order valence-corrected chi connectivity index (χ1v) is 8.72. The highest BCUT2D eigenvalue weighted by atomic mass is 16.5. The van der Waals surface area contributed by atoms with E-state index in [4.69, 9.17) is 4.74 Å². The molecular formula is C19H22N4O2. The third-order valence-electron chi connectivity index (χ3n) is 4.94. The van der Waals surface area contributed by atoms with Gasteiger partial charge in [-0.3, -0.25) is 4.79 Å². The highest BCUT2D eigenvalue weighted by molar-refractivity contribution is 5.94. The van der Waals surface area contributed by atoms with Crippen molar-refractivity contribution in [3.63, 3.8) is 0 Å². The van der Waals surface area contributed by atoms with Crippen LogP contribution in [-0.2, 0) is 4.74 Å². The van der Waals surface area contributed by atoms with Gasteiger partial charge in [-0.2, -0.15) is 5.10 Å². The van der Waals surface area contributed by atoms with Crippen LogP contribution in [0.15, 0.2) is 42.5 Å². The predicted octanol–water partition coefficient (Wildman–Crippen LogP) is 1.76. The number of aryl methyl sites for hydroxylation is 1. The predicted molar refractivity (Wildman–Crippen MR) is 94.6 cm³/mol. The van der Waals surface area contributed by atoms with E-state index >= 15 is 0 Å². The van der Waals surface area contributed by atoms with Crippen LogP contribution in [0.4, 0.5) is 5.82 Å². The molecule has 2 fully saturated rings. The fourth-order valence-electron chi connectivity index (χ4n) is 3.59. The van der Waals surface area contributed by atoms with Crippen LogP contribution in [0.1, 0.15) is 16.1 Å². The summed E-state index contributed by atoms with van der Waals surface area (Å²) >= 11 is 0. The van der Waals surface area contributed by atoms with Crippen molar-refractivity contribution in [2.75, 3.05) is 37.7 Å². The Morgan fingerprint density at radius 1 is 1.08 bits per heavy atom. The van der Waals surface area contributed by atoms with Crippen LogP contribution in [-0.4, -0.2) is 59.9 Å². The summed E-state index contributed by atoms with van der Waals surface area (Å²) in [4.78, 5) is 16.9. The quantitative estimate of drug-likeness (QED) is 0.835. The van der Waals surface area contributed by atoms with E-state index in [1.165, 1.54) is 0 Å². The van der Waals surface area contributed by atoms with Crippen LogP contribution in [0.5, 0.6) is 0 Å². The highest BCUT2D eigenvalue weighted by Crippen LogP contribution is 2.27. The number of amides is 1. The molecule has 0 bridgehead atoms. The van der Waals surface area contributed by atoms with Gasteiger partial charge in [-0.15, -0.1) is 5.10 Å². The molecule has 2 aliphatic heterocycles. The van der Waals surface area contributed by atoms with Gasteiger partial charge in [0, 0.05) is 37.7 Å². The maximum absolute atomic E-state index is 12.8. The molecule has 2 atom stereocenters. The van der Waals surface area contributed by atoms with Gasteiger partial charge in [0.25, 0.3) is 5.91 Å². The molecular weight excluding hydrogens is 316 g/mol. The van der Waals surface area contributed by atoms with E-state index in [1.54, 1.807) is 0 Å². The molecule has 1 amide bonds. The van der Waals surface area contributed by atoms with Crippen molar-refractivity contribution in [3.8, 4) is 0 Å². The van der Waals surface area contributed by atoms with Gasteiger partial charge in [0.05, 0.1) is 18.4 Å². The van der Waals surface area contributed by atoms with Crippen molar-refractivity contribution in [1.82, 2.24) is 15.1 Å². The Kier molecular flexibility index (Phi) is 4.36. The van der Waals surface area contributed by atoms with Gasteiger partial charge in [-0.1, -0.05) is 18.2 Å². The van der Waals surface area contributed by atoms with Gasteiger partial charge in [-0.25, -0.2) is 0 Å². The number of benzene rings is 1. The molecule has 2 aromatic rings. The normalized spacial score (nSPS) is 23.2. The molecule has 0 radical (unpaired) electrons. The van der Waals surface area contributed by atoms with Crippen molar-refractivity contribution < 1.29 is 9.53 Å². The van der Waals surface area contributed by atoms with E-state index in [-0.39, 0.29) is 12.0 Å². The molecule has 6 heteroatoms. The number of aromatic nitrogens is 2.